The van der Waals surface area contributed by atoms with Crippen LogP contribution >= 0.6 is 27.5 Å². The van der Waals surface area contributed by atoms with Crippen molar-refractivity contribution in [1.29, 1.82) is 0 Å². The number of benzene rings is 1. The molecule has 0 aliphatic carbocycles. The van der Waals surface area contributed by atoms with Gasteiger partial charge in [-0.25, -0.2) is 4.39 Å². The summed E-state index contributed by atoms with van der Waals surface area (Å²) in [4.78, 5) is 0. The zero-order valence-corrected chi connectivity index (χ0v) is 9.36. The van der Waals surface area contributed by atoms with Gasteiger partial charge in [-0.1, -0.05) is 17.7 Å². The minimum atomic E-state index is -1.72. The maximum absolute atomic E-state index is 13.5. The lowest BCUT2D eigenvalue weighted by atomic mass is 9.99. The molecule has 0 saturated heterocycles. The van der Waals surface area contributed by atoms with Gasteiger partial charge in [0, 0.05) is 4.47 Å². The molecule has 1 N–H and O–H groups in total. The van der Waals surface area contributed by atoms with E-state index in [-0.39, 0.29) is 0 Å². The van der Waals surface area contributed by atoms with Crippen LogP contribution in [0.2, 0.25) is 5.02 Å². The molecule has 4 heteroatoms. The number of alkyl halides is 1. The van der Waals surface area contributed by atoms with E-state index in [0.717, 1.165) is 0 Å². The third-order valence-corrected chi connectivity index (χ3v) is 3.03. The van der Waals surface area contributed by atoms with Gasteiger partial charge in [-0.3, -0.25) is 0 Å². The molecule has 1 nitrogen and oxygen atoms in total. The summed E-state index contributed by atoms with van der Waals surface area (Å²) in [5.74, 6) is 0. The predicted octanol–water partition coefficient (Wildman–Crippen LogP) is 3.28. The Morgan fingerprint density at radius 2 is 2.23 bits per heavy atom. The van der Waals surface area contributed by atoms with E-state index < -0.39 is 12.3 Å². The average molecular weight is 268 g/mol. The fraction of sp³-hybridized carbons (Fsp3) is 0.333. The highest BCUT2D eigenvalue weighted by atomic mass is 79.9. The van der Waals surface area contributed by atoms with E-state index in [1.54, 1.807) is 18.2 Å². The highest BCUT2D eigenvalue weighted by Crippen LogP contribution is 2.30. The van der Waals surface area contributed by atoms with E-state index in [1.165, 1.54) is 6.92 Å². The van der Waals surface area contributed by atoms with Gasteiger partial charge in [-0.2, -0.15) is 0 Å². The van der Waals surface area contributed by atoms with Crippen molar-refractivity contribution in [3.05, 3.63) is 33.3 Å². The van der Waals surface area contributed by atoms with E-state index in [0.29, 0.717) is 15.1 Å². The molecule has 1 rings (SSSR count). The number of halogens is 3. The van der Waals surface area contributed by atoms with Crippen LogP contribution in [0.25, 0.3) is 0 Å². The average Bonchev–Trinajstić information content (AvgIpc) is 2.09. The van der Waals surface area contributed by atoms with E-state index in [2.05, 4.69) is 15.9 Å². The van der Waals surface area contributed by atoms with Crippen molar-refractivity contribution in [2.75, 3.05) is 6.61 Å². The molecule has 0 amide bonds. The second-order valence-corrected chi connectivity index (χ2v) is 4.25. The van der Waals surface area contributed by atoms with Crippen LogP contribution in [0.4, 0.5) is 4.39 Å². The van der Waals surface area contributed by atoms with Gasteiger partial charge in [0.1, 0.15) is 0 Å². The molecular formula is C9H9BrClFO. The molecule has 0 bridgehead atoms. The summed E-state index contributed by atoms with van der Waals surface area (Å²) in [7, 11) is 0. The summed E-state index contributed by atoms with van der Waals surface area (Å²) >= 11 is 8.93. The van der Waals surface area contributed by atoms with Crippen LogP contribution in [0.15, 0.2) is 22.7 Å². The zero-order chi connectivity index (χ0) is 10.1. The third-order valence-electron chi connectivity index (χ3n) is 1.82. The Balaban J connectivity index is 3.10. The van der Waals surface area contributed by atoms with Crippen LogP contribution in [0, 0.1) is 0 Å². The van der Waals surface area contributed by atoms with Gasteiger partial charge in [-0.15, -0.1) is 0 Å². The lowest BCUT2D eigenvalue weighted by molar-refractivity contribution is 0.0867. The molecule has 0 spiro atoms. The molecule has 0 aromatic heterocycles. The van der Waals surface area contributed by atoms with Gasteiger partial charge in [-0.05, 0) is 40.5 Å². The molecule has 0 fully saturated rings. The summed E-state index contributed by atoms with van der Waals surface area (Å²) < 4.78 is 14.2. The summed E-state index contributed by atoms with van der Waals surface area (Å²) in [5, 5.41) is 9.31. The summed E-state index contributed by atoms with van der Waals surface area (Å²) in [5.41, 5.74) is -1.31. The minimum absolute atomic E-state index is 0.409. The molecule has 1 atom stereocenters. The van der Waals surface area contributed by atoms with Crippen molar-refractivity contribution in [3.8, 4) is 0 Å². The smallest absolute Gasteiger partial charge is 0.156 e. The van der Waals surface area contributed by atoms with Crippen LogP contribution in [0.3, 0.4) is 0 Å². The molecule has 0 aliphatic heterocycles. The Morgan fingerprint density at radius 3 is 2.69 bits per heavy atom. The first-order valence-electron chi connectivity index (χ1n) is 3.72. The van der Waals surface area contributed by atoms with Crippen LogP contribution < -0.4 is 0 Å². The topological polar surface area (TPSA) is 20.2 Å². The number of rotatable bonds is 2. The van der Waals surface area contributed by atoms with Gasteiger partial charge >= 0.3 is 0 Å². The molecular weight excluding hydrogens is 258 g/mol. The predicted molar refractivity (Wildman–Crippen MR) is 54.7 cm³/mol. The van der Waals surface area contributed by atoms with Crippen molar-refractivity contribution in [1.82, 2.24) is 0 Å². The van der Waals surface area contributed by atoms with Crippen LogP contribution in [0.1, 0.15) is 12.5 Å². The lowest BCUT2D eigenvalue weighted by Gasteiger charge is -2.18. The summed E-state index contributed by atoms with van der Waals surface area (Å²) in [6.07, 6.45) is 0. The number of aliphatic hydroxyl groups is 1. The van der Waals surface area contributed by atoms with Crippen LogP contribution in [-0.2, 0) is 5.67 Å². The van der Waals surface area contributed by atoms with Gasteiger partial charge in [0.05, 0.1) is 11.6 Å². The first-order valence-corrected chi connectivity index (χ1v) is 4.90. The molecule has 1 aromatic rings. The van der Waals surface area contributed by atoms with Crippen molar-refractivity contribution in [3.63, 3.8) is 0 Å². The molecule has 0 heterocycles. The fourth-order valence-corrected chi connectivity index (χ4v) is 1.41. The molecule has 13 heavy (non-hydrogen) atoms. The van der Waals surface area contributed by atoms with Crippen molar-refractivity contribution in [2.45, 2.75) is 12.6 Å². The van der Waals surface area contributed by atoms with Gasteiger partial charge in [0.2, 0.25) is 0 Å². The highest BCUT2D eigenvalue weighted by molar-refractivity contribution is 9.10. The first kappa shape index (κ1) is 11.0. The van der Waals surface area contributed by atoms with Crippen LogP contribution in [-0.4, -0.2) is 11.7 Å². The summed E-state index contributed by atoms with van der Waals surface area (Å²) in [6, 6.07) is 4.72. The minimum Gasteiger partial charge on any atom is -0.393 e. The quantitative estimate of drug-likeness (QED) is 0.872. The summed E-state index contributed by atoms with van der Waals surface area (Å²) in [6.45, 7) is 0.781. The van der Waals surface area contributed by atoms with E-state index in [9.17, 15) is 4.39 Å². The molecule has 0 aliphatic rings. The number of hydrogen-bond donors (Lipinski definition) is 1. The Labute approximate surface area is 89.7 Å². The molecule has 1 aromatic carbocycles. The highest BCUT2D eigenvalue weighted by Gasteiger charge is 2.24. The standard InChI is InChI=1S/C9H9BrClFO/c1-9(12,5-13)6-2-3-8(11)7(10)4-6/h2-4,13H,5H2,1H3. The second kappa shape index (κ2) is 3.95. The molecule has 72 valence electrons. The first-order chi connectivity index (χ1) is 5.97. The Bertz CT molecular complexity index is 314. The molecule has 0 saturated carbocycles. The van der Waals surface area contributed by atoms with Gasteiger partial charge in [0.15, 0.2) is 5.67 Å². The Hall–Kier alpha value is -0.120. The van der Waals surface area contributed by atoms with Gasteiger partial charge in [0.25, 0.3) is 0 Å². The van der Waals surface area contributed by atoms with Gasteiger partial charge < -0.3 is 5.11 Å². The number of aliphatic hydroxyl groups excluding tert-OH is 1. The lowest BCUT2D eigenvalue weighted by Crippen LogP contribution is -2.20. The van der Waals surface area contributed by atoms with E-state index in [1.807, 2.05) is 0 Å². The Kier molecular flexibility index (Phi) is 3.33. The van der Waals surface area contributed by atoms with E-state index >= 15 is 0 Å². The third kappa shape index (κ3) is 2.42. The maximum atomic E-state index is 13.5. The molecule has 0 radical (unpaired) electrons. The largest absolute Gasteiger partial charge is 0.393 e. The second-order valence-electron chi connectivity index (χ2n) is 2.98. The van der Waals surface area contributed by atoms with Crippen molar-refractivity contribution in [2.24, 2.45) is 0 Å². The van der Waals surface area contributed by atoms with Crippen LogP contribution in [0.5, 0.6) is 0 Å². The fourth-order valence-electron chi connectivity index (χ4n) is 0.912. The monoisotopic (exact) mass is 266 g/mol. The maximum Gasteiger partial charge on any atom is 0.156 e. The SMILES string of the molecule is CC(F)(CO)c1ccc(Cl)c(Br)c1. The number of hydrogen-bond acceptors (Lipinski definition) is 1. The van der Waals surface area contributed by atoms with Crippen molar-refractivity contribution < 1.29 is 9.50 Å². The molecule has 1 unspecified atom stereocenters. The zero-order valence-electron chi connectivity index (χ0n) is 7.02. The Morgan fingerprint density at radius 1 is 1.62 bits per heavy atom. The van der Waals surface area contributed by atoms with E-state index in [4.69, 9.17) is 16.7 Å². The van der Waals surface area contributed by atoms with Crippen molar-refractivity contribution >= 4 is 27.5 Å². The normalized spacial score (nSPS) is 15.5.